The van der Waals surface area contributed by atoms with Crippen molar-refractivity contribution in [1.29, 1.82) is 0 Å². The summed E-state index contributed by atoms with van der Waals surface area (Å²) in [5.74, 6) is -1.18. The smallest absolute Gasteiger partial charge is 0.344 e. The van der Waals surface area contributed by atoms with Crippen molar-refractivity contribution in [1.82, 2.24) is 0 Å². The fourth-order valence-corrected chi connectivity index (χ4v) is 5.56. The molecule has 9 heteroatoms. The monoisotopic (exact) mass is 346 g/mol. The Balaban J connectivity index is 1.39. The summed E-state index contributed by atoms with van der Waals surface area (Å²) in [6.07, 6.45) is 1.65. The van der Waals surface area contributed by atoms with Gasteiger partial charge in [-0.2, -0.15) is 8.42 Å². The van der Waals surface area contributed by atoms with Crippen molar-refractivity contribution < 1.29 is 36.4 Å². The van der Waals surface area contributed by atoms with Crippen molar-refractivity contribution in [2.75, 3.05) is 19.8 Å². The Kier molecular flexibility index (Phi) is 4.43. The maximum atomic E-state index is 11.8. The van der Waals surface area contributed by atoms with Crippen LogP contribution in [0.2, 0.25) is 0 Å². The molecule has 2 bridgehead atoms. The van der Waals surface area contributed by atoms with E-state index >= 15 is 0 Å². The Morgan fingerprint density at radius 2 is 2.00 bits per heavy atom. The van der Waals surface area contributed by atoms with Crippen LogP contribution < -0.4 is 0 Å². The topological polar surface area (TPSA) is 105 Å². The van der Waals surface area contributed by atoms with Gasteiger partial charge in [0.2, 0.25) is 0 Å². The third-order valence-corrected chi connectivity index (χ3v) is 6.34. The lowest BCUT2D eigenvalue weighted by Gasteiger charge is -2.25. The zero-order chi connectivity index (χ0) is 16.6. The molecule has 23 heavy (non-hydrogen) atoms. The summed E-state index contributed by atoms with van der Waals surface area (Å²) in [6, 6.07) is 0. The molecule has 1 saturated heterocycles. The van der Waals surface area contributed by atoms with Gasteiger partial charge in [0.05, 0.1) is 18.0 Å². The van der Waals surface area contributed by atoms with Gasteiger partial charge in [-0.25, -0.2) is 9.59 Å². The van der Waals surface area contributed by atoms with Crippen LogP contribution in [0.4, 0.5) is 0 Å². The Labute approximate surface area is 133 Å². The van der Waals surface area contributed by atoms with E-state index in [4.69, 9.17) is 13.7 Å². The van der Waals surface area contributed by atoms with Crippen LogP contribution in [0.1, 0.15) is 12.8 Å². The predicted molar refractivity (Wildman–Crippen MR) is 75.6 cm³/mol. The maximum absolute atomic E-state index is 11.8. The summed E-state index contributed by atoms with van der Waals surface area (Å²) < 4.78 is 43.8. The fraction of sp³-hybridized carbons (Fsp3) is 0.714. The second-order valence-electron chi connectivity index (χ2n) is 5.86. The van der Waals surface area contributed by atoms with E-state index in [1.54, 1.807) is 0 Å². The highest BCUT2D eigenvalue weighted by Gasteiger charge is 2.64. The van der Waals surface area contributed by atoms with Gasteiger partial charge in [0.1, 0.15) is 12.7 Å². The van der Waals surface area contributed by atoms with Crippen molar-refractivity contribution in [3.8, 4) is 0 Å². The highest BCUT2D eigenvalue weighted by Crippen LogP contribution is 2.55. The van der Waals surface area contributed by atoms with E-state index < -0.39 is 34.8 Å². The molecular weight excluding hydrogens is 328 g/mol. The lowest BCUT2D eigenvalue weighted by atomic mass is 9.94. The van der Waals surface area contributed by atoms with Gasteiger partial charge in [0.25, 0.3) is 10.1 Å². The van der Waals surface area contributed by atoms with Crippen LogP contribution in [-0.4, -0.2) is 57.6 Å². The van der Waals surface area contributed by atoms with Gasteiger partial charge in [0.15, 0.2) is 6.61 Å². The second-order valence-corrected chi connectivity index (χ2v) is 7.64. The molecule has 2 saturated carbocycles. The molecule has 0 radical (unpaired) electrons. The summed E-state index contributed by atoms with van der Waals surface area (Å²) in [6.45, 7) is 2.86. The Bertz CT molecular complexity index is 612. The molecule has 2 aliphatic carbocycles. The highest BCUT2D eigenvalue weighted by atomic mass is 32.2. The summed E-state index contributed by atoms with van der Waals surface area (Å²) >= 11 is 0. The molecule has 3 aliphatic rings. The van der Waals surface area contributed by atoms with Crippen LogP contribution >= 0.6 is 0 Å². The van der Waals surface area contributed by atoms with E-state index in [-0.39, 0.29) is 36.4 Å². The van der Waals surface area contributed by atoms with E-state index in [2.05, 4.69) is 11.3 Å². The SMILES string of the molecule is C=CC(=O)OCC(=O)OCCOC1C2CC3C1OS(=O)(=O)C3C2. The van der Waals surface area contributed by atoms with E-state index in [9.17, 15) is 18.0 Å². The molecule has 5 atom stereocenters. The first-order valence-electron chi connectivity index (χ1n) is 7.41. The molecule has 0 N–H and O–H groups in total. The minimum Gasteiger partial charge on any atom is -0.461 e. The van der Waals surface area contributed by atoms with Gasteiger partial charge >= 0.3 is 11.9 Å². The van der Waals surface area contributed by atoms with Gasteiger partial charge in [-0.15, -0.1) is 0 Å². The van der Waals surface area contributed by atoms with Gasteiger partial charge in [-0.3, -0.25) is 4.18 Å². The lowest BCUT2D eigenvalue weighted by molar-refractivity contribution is -0.158. The molecule has 3 rings (SSSR count). The van der Waals surface area contributed by atoms with Crippen molar-refractivity contribution >= 4 is 22.1 Å². The van der Waals surface area contributed by atoms with Gasteiger partial charge < -0.3 is 14.2 Å². The van der Waals surface area contributed by atoms with Crippen LogP contribution in [0.25, 0.3) is 0 Å². The average Bonchev–Trinajstić information content (AvgIpc) is 3.12. The Morgan fingerprint density at radius 1 is 1.22 bits per heavy atom. The lowest BCUT2D eigenvalue weighted by Crippen LogP contribution is -2.36. The van der Waals surface area contributed by atoms with Crippen molar-refractivity contribution in [3.05, 3.63) is 12.7 Å². The Hall–Kier alpha value is -1.45. The average molecular weight is 346 g/mol. The van der Waals surface area contributed by atoms with E-state index in [1.807, 2.05) is 0 Å². The number of rotatable bonds is 7. The summed E-state index contributed by atoms with van der Waals surface area (Å²) in [4.78, 5) is 22.1. The van der Waals surface area contributed by atoms with Gasteiger partial charge in [-0.05, 0) is 18.8 Å². The number of hydrogen-bond donors (Lipinski definition) is 0. The van der Waals surface area contributed by atoms with Crippen LogP contribution in [0, 0.1) is 11.8 Å². The molecule has 128 valence electrons. The molecule has 1 aliphatic heterocycles. The van der Waals surface area contributed by atoms with E-state index in [0.717, 1.165) is 12.5 Å². The van der Waals surface area contributed by atoms with E-state index in [1.165, 1.54) is 0 Å². The molecule has 0 amide bonds. The first kappa shape index (κ1) is 16.4. The molecule has 8 nitrogen and oxygen atoms in total. The molecule has 0 aromatic carbocycles. The van der Waals surface area contributed by atoms with Crippen LogP contribution in [0.5, 0.6) is 0 Å². The van der Waals surface area contributed by atoms with Crippen molar-refractivity contribution in [2.24, 2.45) is 11.8 Å². The highest BCUT2D eigenvalue weighted by molar-refractivity contribution is 7.87. The zero-order valence-corrected chi connectivity index (χ0v) is 13.2. The second kappa shape index (κ2) is 6.21. The standard InChI is InChI=1S/C14H18O8S/c1-2-11(15)21-7-12(16)19-3-4-20-13-8-5-9-10(6-8)23(17,18)22-14(9)13/h2,8-10,13-14H,1,3-7H2. The van der Waals surface area contributed by atoms with Gasteiger partial charge in [0, 0.05) is 12.0 Å². The molecule has 5 unspecified atom stereocenters. The number of hydrogen-bond acceptors (Lipinski definition) is 8. The number of esters is 2. The molecule has 3 fully saturated rings. The molecule has 1 heterocycles. The van der Waals surface area contributed by atoms with Crippen molar-refractivity contribution in [2.45, 2.75) is 30.3 Å². The third-order valence-electron chi connectivity index (χ3n) is 4.57. The number of carbonyl (C=O) groups excluding carboxylic acids is 2. The summed E-state index contributed by atoms with van der Waals surface area (Å²) in [5.41, 5.74) is 0. The molecular formula is C14H18O8S. The van der Waals surface area contributed by atoms with E-state index in [0.29, 0.717) is 6.42 Å². The van der Waals surface area contributed by atoms with Crippen molar-refractivity contribution in [3.63, 3.8) is 0 Å². The largest absolute Gasteiger partial charge is 0.461 e. The maximum Gasteiger partial charge on any atom is 0.344 e. The molecule has 0 spiro atoms. The number of ether oxygens (including phenoxy) is 3. The first-order chi connectivity index (χ1) is 10.9. The molecule has 0 aromatic rings. The normalized spacial score (nSPS) is 35.9. The van der Waals surface area contributed by atoms with Crippen LogP contribution in [0.15, 0.2) is 12.7 Å². The summed E-state index contributed by atoms with van der Waals surface area (Å²) in [7, 11) is -3.45. The minimum atomic E-state index is -3.45. The molecule has 0 aromatic heterocycles. The zero-order valence-electron chi connectivity index (χ0n) is 12.4. The third kappa shape index (κ3) is 3.13. The fourth-order valence-electron chi connectivity index (χ4n) is 3.68. The number of fused-ring (bicyclic) bond motifs is 1. The van der Waals surface area contributed by atoms with Crippen LogP contribution in [0.3, 0.4) is 0 Å². The minimum absolute atomic E-state index is 0.00125. The summed E-state index contributed by atoms with van der Waals surface area (Å²) in [5, 5.41) is -0.380. The van der Waals surface area contributed by atoms with Gasteiger partial charge in [-0.1, -0.05) is 6.58 Å². The van der Waals surface area contributed by atoms with Crippen LogP contribution in [-0.2, 0) is 38.1 Å². The predicted octanol–water partition coefficient (Wildman–Crippen LogP) is -0.219. The number of carbonyl (C=O) groups is 2. The Morgan fingerprint density at radius 3 is 2.74 bits per heavy atom. The first-order valence-corrected chi connectivity index (χ1v) is 8.88. The quantitative estimate of drug-likeness (QED) is 0.270.